The SMILES string of the molecule is Cc1ccccc1CSc1nc(=O)n(Cc2cccnc2)c2c1CCCC2. The molecule has 0 saturated heterocycles. The van der Waals surface area contributed by atoms with Crippen LogP contribution in [0.5, 0.6) is 0 Å². The molecule has 0 N–H and O–H groups in total. The van der Waals surface area contributed by atoms with Gasteiger partial charge in [0.05, 0.1) is 6.54 Å². The van der Waals surface area contributed by atoms with E-state index in [4.69, 9.17) is 0 Å². The minimum Gasteiger partial charge on any atom is -0.291 e. The molecule has 138 valence electrons. The number of hydrogen-bond acceptors (Lipinski definition) is 4. The van der Waals surface area contributed by atoms with Crippen LogP contribution in [0.25, 0.3) is 0 Å². The summed E-state index contributed by atoms with van der Waals surface area (Å²) in [6.07, 6.45) is 7.83. The number of aromatic nitrogens is 3. The summed E-state index contributed by atoms with van der Waals surface area (Å²) in [5, 5.41) is 0.917. The predicted octanol–water partition coefficient (Wildman–Crippen LogP) is 4.17. The molecule has 1 aliphatic carbocycles. The third-order valence-electron chi connectivity index (χ3n) is 5.14. The van der Waals surface area contributed by atoms with Crippen LogP contribution < -0.4 is 5.69 Å². The standard InChI is InChI=1S/C22H23N3OS/c1-16-7-2-3-9-18(16)15-27-21-19-10-4-5-11-20(19)25(22(26)24-21)14-17-8-6-12-23-13-17/h2-3,6-9,12-13H,4-5,10-11,14-15H2,1H3. The van der Waals surface area contributed by atoms with Crippen LogP contribution >= 0.6 is 11.8 Å². The van der Waals surface area contributed by atoms with E-state index in [9.17, 15) is 4.79 Å². The Hall–Kier alpha value is -2.40. The summed E-state index contributed by atoms with van der Waals surface area (Å²) in [4.78, 5) is 21.5. The number of hydrogen-bond donors (Lipinski definition) is 0. The maximum absolute atomic E-state index is 12.8. The first kappa shape index (κ1) is 18.0. The van der Waals surface area contributed by atoms with E-state index in [1.807, 2.05) is 22.9 Å². The molecular formula is C22H23N3OS. The molecule has 0 bridgehead atoms. The van der Waals surface area contributed by atoms with Crippen LogP contribution in [0.4, 0.5) is 0 Å². The molecule has 0 saturated carbocycles. The molecule has 2 aromatic heterocycles. The van der Waals surface area contributed by atoms with E-state index >= 15 is 0 Å². The summed E-state index contributed by atoms with van der Waals surface area (Å²) < 4.78 is 1.85. The third-order valence-corrected chi connectivity index (χ3v) is 6.21. The number of thioether (sulfide) groups is 1. The Morgan fingerprint density at radius 3 is 2.78 bits per heavy atom. The summed E-state index contributed by atoms with van der Waals surface area (Å²) >= 11 is 1.69. The average Bonchev–Trinajstić information content (AvgIpc) is 2.70. The van der Waals surface area contributed by atoms with Crippen LogP contribution in [-0.2, 0) is 25.1 Å². The molecule has 3 aromatic rings. The molecule has 1 aromatic carbocycles. The van der Waals surface area contributed by atoms with Crippen molar-refractivity contribution in [2.24, 2.45) is 0 Å². The number of fused-ring (bicyclic) bond motifs is 1. The van der Waals surface area contributed by atoms with Crippen LogP contribution in [-0.4, -0.2) is 14.5 Å². The molecule has 0 fully saturated rings. The van der Waals surface area contributed by atoms with Crippen LogP contribution in [0.2, 0.25) is 0 Å². The Balaban J connectivity index is 1.66. The van der Waals surface area contributed by atoms with Gasteiger partial charge in [0.1, 0.15) is 5.03 Å². The van der Waals surface area contributed by atoms with Gasteiger partial charge in [0.2, 0.25) is 0 Å². The lowest BCUT2D eigenvalue weighted by molar-refractivity contribution is 0.569. The molecule has 1 aliphatic rings. The van der Waals surface area contributed by atoms with E-state index < -0.39 is 0 Å². The molecule has 27 heavy (non-hydrogen) atoms. The van der Waals surface area contributed by atoms with E-state index in [-0.39, 0.29) is 5.69 Å². The van der Waals surface area contributed by atoms with Gasteiger partial charge in [-0.1, -0.05) is 30.3 Å². The second kappa shape index (κ2) is 8.09. The smallest absolute Gasteiger partial charge is 0.291 e. The maximum atomic E-state index is 12.8. The maximum Gasteiger partial charge on any atom is 0.349 e. The molecular weight excluding hydrogens is 354 g/mol. The quantitative estimate of drug-likeness (QED) is 0.495. The van der Waals surface area contributed by atoms with E-state index in [1.165, 1.54) is 16.7 Å². The van der Waals surface area contributed by atoms with Gasteiger partial charge >= 0.3 is 5.69 Å². The molecule has 0 unspecified atom stereocenters. The molecule has 5 heteroatoms. The number of benzene rings is 1. The molecule has 0 radical (unpaired) electrons. The van der Waals surface area contributed by atoms with Crippen molar-refractivity contribution < 1.29 is 0 Å². The molecule has 0 atom stereocenters. The van der Waals surface area contributed by atoms with Gasteiger partial charge in [-0.05, 0) is 55.4 Å². The Labute approximate surface area is 163 Å². The highest BCUT2D eigenvalue weighted by Gasteiger charge is 2.20. The van der Waals surface area contributed by atoms with Crippen molar-refractivity contribution in [3.63, 3.8) is 0 Å². The summed E-state index contributed by atoms with van der Waals surface area (Å²) in [5.74, 6) is 0.845. The second-order valence-corrected chi connectivity index (χ2v) is 7.96. The van der Waals surface area contributed by atoms with Crippen molar-refractivity contribution in [2.45, 2.75) is 49.9 Å². The number of nitrogens with zero attached hydrogens (tertiary/aromatic N) is 3. The zero-order valence-corrected chi connectivity index (χ0v) is 16.3. The zero-order chi connectivity index (χ0) is 18.6. The van der Waals surface area contributed by atoms with E-state index in [2.05, 4.69) is 41.2 Å². The summed E-state index contributed by atoms with van der Waals surface area (Å²) in [7, 11) is 0. The van der Waals surface area contributed by atoms with E-state index in [0.29, 0.717) is 6.54 Å². The van der Waals surface area contributed by atoms with Crippen molar-refractivity contribution in [1.82, 2.24) is 14.5 Å². The van der Waals surface area contributed by atoms with Crippen molar-refractivity contribution in [2.75, 3.05) is 0 Å². The lowest BCUT2D eigenvalue weighted by atomic mass is 9.97. The van der Waals surface area contributed by atoms with Gasteiger partial charge in [-0.2, -0.15) is 4.98 Å². The Kier molecular flexibility index (Phi) is 5.39. The van der Waals surface area contributed by atoms with Crippen molar-refractivity contribution >= 4 is 11.8 Å². The molecule has 4 nitrogen and oxygen atoms in total. The number of aryl methyl sites for hydroxylation is 1. The highest BCUT2D eigenvalue weighted by Crippen LogP contribution is 2.31. The molecule has 4 rings (SSSR count). The second-order valence-electron chi connectivity index (χ2n) is 6.99. The van der Waals surface area contributed by atoms with Crippen LogP contribution in [0.1, 0.15) is 40.8 Å². The zero-order valence-electron chi connectivity index (χ0n) is 15.5. The highest BCUT2D eigenvalue weighted by atomic mass is 32.2. The van der Waals surface area contributed by atoms with Gasteiger partial charge in [-0.15, -0.1) is 11.8 Å². The number of pyridine rings is 1. The van der Waals surface area contributed by atoms with Gasteiger partial charge in [-0.25, -0.2) is 4.79 Å². The van der Waals surface area contributed by atoms with Crippen molar-refractivity contribution in [3.8, 4) is 0 Å². The van der Waals surface area contributed by atoms with Gasteiger partial charge in [-0.3, -0.25) is 9.55 Å². The predicted molar refractivity (Wildman–Crippen MR) is 109 cm³/mol. The number of rotatable bonds is 5. The lowest BCUT2D eigenvalue weighted by Crippen LogP contribution is -2.30. The largest absolute Gasteiger partial charge is 0.349 e. The molecule has 0 aliphatic heterocycles. The summed E-state index contributed by atoms with van der Waals surface area (Å²) in [6, 6.07) is 12.3. The van der Waals surface area contributed by atoms with Crippen LogP contribution in [0, 0.1) is 6.92 Å². The van der Waals surface area contributed by atoms with E-state index in [0.717, 1.165) is 47.7 Å². The monoisotopic (exact) mass is 377 g/mol. The minimum atomic E-state index is -0.146. The van der Waals surface area contributed by atoms with Gasteiger partial charge in [0.25, 0.3) is 0 Å². The fraction of sp³-hybridized carbons (Fsp3) is 0.318. The lowest BCUT2D eigenvalue weighted by Gasteiger charge is -2.22. The fourth-order valence-corrected chi connectivity index (χ4v) is 4.78. The normalized spacial score (nSPS) is 13.4. The Morgan fingerprint density at radius 1 is 1.11 bits per heavy atom. The Morgan fingerprint density at radius 2 is 1.96 bits per heavy atom. The molecule has 0 amide bonds. The third kappa shape index (κ3) is 3.98. The van der Waals surface area contributed by atoms with Crippen LogP contribution in [0.3, 0.4) is 0 Å². The highest BCUT2D eigenvalue weighted by molar-refractivity contribution is 7.98. The van der Waals surface area contributed by atoms with Crippen molar-refractivity contribution in [1.29, 1.82) is 0 Å². The van der Waals surface area contributed by atoms with Gasteiger partial charge in [0, 0.05) is 29.4 Å². The average molecular weight is 378 g/mol. The first-order chi connectivity index (χ1) is 13.2. The first-order valence-corrected chi connectivity index (χ1v) is 10.4. The minimum absolute atomic E-state index is 0.146. The molecule has 0 spiro atoms. The summed E-state index contributed by atoms with van der Waals surface area (Å²) in [6.45, 7) is 2.68. The van der Waals surface area contributed by atoms with Crippen molar-refractivity contribution in [3.05, 3.63) is 87.2 Å². The topological polar surface area (TPSA) is 47.8 Å². The van der Waals surface area contributed by atoms with Gasteiger partial charge < -0.3 is 0 Å². The fourth-order valence-electron chi connectivity index (χ4n) is 3.62. The van der Waals surface area contributed by atoms with E-state index in [1.54, 1.807) is 18.0 Å². The summed E-state index contributed by atoms with van der Waals surface area (Å²) in [5.41, 5.74) is 5.90. The molecule has 2 heterocycles. The van der Waals surface area contributed by atoms with Gasteiger partial charge in [0.15, 0.2) is 0 Å². The van der Waals surface area contributed by atoms with Crippen LogP contribution in [0.15, 0.2) is 58.6 Å². The Bertz CT molecular complexity index is 998. The first-order valence-electron chi connectivity index (χ1n) is 9.41.